The topological polar surface area (TPSA) is 40.5 Å². The van der Waals surface area contributed by atoms with Crippen LogP contribution in [-0.2, 0) is 0 Å². The normalized spacial score (nSPS) is 53.7. The van der Waals surface area contributed by atoms with Crippen molar-refractivity contribution in [3.8, 4) is 0 Å². The van der Waals surface area contributed by atoms with Gasteiger partial charge in [-0.25, -0.2) is 0 Å². The van der Waals surface area contributed by atoms with Gasteiger partial charge in [-0.2, -0.15) is 0 Å². The van der Waals surface area contributed by atoms with Crippen LogP contribution in [0.1, 0.15) is 132 Å². The summed E-state index contributed by atoms with van der Waals surface area (Å²) in [4.78, 5) is 0. The van der Waals surface area contributed by atoms with Crippen molar-refractivity contribution in [3.05, 3.63) is 22.3 Å². The van der Waals surface area contributed by atoms with Crippen molar-refractivity contribution < 1.29 is 10.2 Å². The molecule has 4 fully saturated rings. The van der Waals surface area contributed by atoms with E-state index in [4.69, 9.17) is 0 Å². The summed E-state index contributed by atoms with van der Waals surface area (Å²) in [6.45, 7) is 19.6. The molecule has 40 heavy (non-hydrogen) atoms. The molecule has 0 radical (unpaired) electrons. The molecule has 0 aliphatic heterocycles. The molecular formula is C38H60O2. The molecule has 0 aromatic rings. The van der Waals surface area contributed by atoms with Gasteiger partial charge in [-0.15, -0.1) is 0 Å². The lowest BCUT2D eigenvalue weighted by Gasteiger charge is -2.67. The highest BCUT2D eigenvalue weighted by atomic mass is 16.3. The summed E-state index contributed by atoms with van der Waals surface area (Å²) in [5.74, 6) is 5.99. The molecule has 2 heteroatoms. The number of rotatable bonds is 2. The summed E-state index contributed by atoms with van der Waals surface area (Å²) in [7, 11) is 0. The predicted molar refractivity (Wildman–Crippen MR) is 165 cm³/mol. The third kappa shape index (κ3) is 3.60. The lowest BCUT2D eigenvalue weighted by molar-refractivity contribution is -0.158. The van der Waals surface area contributed by atoms with Gasteiger partial charge in [0.15, 0.2) is 0 Å². The first-order valence-electron chi connectivity index (χ1n) is 17.7. The summed E-state index contributed by atoms with van der Waals surface area (Å²) >= 11 is 0. The Bertz CT molecular complexity index is 1030. The second-order valence-corrected chi connectivity index (χ2v) is 17.9. The van der Waals surface area contributed by atoms with E-state index in [0.717, 1.165) is 12.8 Å². The van der Waals surface area contributed by atoms with E-state index < -0.39 is 11.2 Å². The quantitative estimate of drug-likeness (QED) is 0.361. The summed E-state index contributed by atoms with van der Waals surface area (Å²) in [6, 6.07) is 0. The fourth-order valence-corrected chi connectivity index (χ4v) is 13.6. The highest BCUT2D eigenvalue weighted by Gasteiger charge is 2.65. The molecule has 0 amide bonds. The van der Waals surface area contributed by atoms with Crippen molar-refractivity contribution in [1.29, 1.82) is 0 Å². The molecule has 4 saturated carbocycles. The van der Waals surface area contributed by atoms with Crippen LogP contribution in [0.25, 0.3) is 0 Å². The van der Waals surface area contributed by atoms with Crippen LogP contribution in [0.5, 0.6) is 0 Å². The Morgan fingerprint density at radius 2 is 0.950 bits per heavy atom. The molecule has 0 aromatic carbocycles. The molecule has 12 unspecified atom stereocenters. The lowest BCUT2D eigenvalue weighted by atomic mass is 9.37. The second-order valence-electron chi connectivity index (χ2n) is 17.9. The zero-order chi connectivity index (χ0) is 28.6. The fraction of sp³-hybridized carbons (Fsp3) is 0.895. The van der Waals surface area contributed by atoms with Crippen molar-refractivity contribution in [2.45, 2.75) is 144 Å². The molecular weight excluding hydrogens is 488 g/mol. The van der Waals surface area contributed by atoms with Crippen molar-refractivity contribution >= 4 is 0 Å². The summed E-state index contributed by atoms with van der Waals surface area (Å²) < 4.78 is 0. The van der Waals surface area contributed by atoms with Gasteiger partial charge >= 0.3 is 0 Å². The monoisotopic (exact) mass is 548 g/mol. The highest BCUT2D eigenvalue weighted by molar-refractivity contribution is 5.54. The Labute approximate surface area is 245 Å². The van der Waals surface area contributed by atoms with E-state index in [1.54, 1.807) is 0 Å². The molecule has 12 atom stereocenters. The van der Waals surface area contributed by atoms with Crippen LogP contribution in [0.15, 0.2) is 22.3 Å². The standard InChI is InChI=1S/C38H60O2/c1-21(2)23-11-13-27-31-25(19-29-35(27,5)15-9-17-37(29,7)39)26-20-30-36(6,16-10-18-38(30,8)40)28-14-12-24(22(3)4)34(32(26)28)33(23)31/h21-30,39-40H,9-20H2,1-8H3. The van der Waals surface area contributed by atoms with Crippen LogP contribution < -0.4 is 0 Å². The zero-order valence-electron chi connectivity index (χ0n) is 27.2. The molecule has 224 valence electrons. The van der Waals surface area contributed by atoms with Crippen molar-refractivity contribution in [1.82, 2.24) is 0 Å². The van der Waals surface area contributed by atoms with Gasteiger partial charge < -0.3 is 10.2 Å². The lowest BCUT2D eigenvalue weighted by Crippen LogP contribution is -2.62. The van der Waals surface area contributed by atoms with Crippen molar-refractivity contribution in [3.63, 3.8) is 0 Å². The minimum atomic E-state index is -0.547. The van der Waals surface area contributed by atoms with Gasteiger partial charge in [-0.05, 0) is 159 Å². The third-order valence-electron chi connectivity index (χ3n) is 15.3. The van der Waals surface area contributed by atoms with Gasteiger partial charge in [0.2, 0.25) is 0 Å². The maximum atomic E-state index is 12.0. The molecule has 0 saturated heterocycles. The number of aliphatic hydroxyl groups is 2. The Morgan fingerprint density at radius 3 is 1.30 bits per heavy atom. The first-order valence-corrected chi connectivity index (χ1v) is 17.7. The van der Waals surface area contributed by atoms with E-state index in [2.05, 4.69) is 55.4 Å². The average Bonchev–Trinajstić information content (AvgIpc) is 2.86. The molecule has 0 heterocycles. The fourth-order valence-electron chi connectivity index (χ4n) is 13.6. The van der Waals surface area contributed by atoms with Gasteiger partial charge in [0.1, 0.15) is 0 Å². The zero-order valence-corrected chi connectivity index (χ0v) is 27.2. The van der Waals surface area contributed by atoms with E-state index in [1.807, 2.05) is 22.3 Å². The maximum Gasteiger partial charge on any atom is 0.0653 e. The van der Waals surface area contributed by atoms with Crippen LogP contribution in [0, 0.1) is 70.0 Å². The predicted octanol–water partition coefficient (Wildman–Crippen LogP) is 9.11. The number of hydrogen-bond acceptors (Lipinski definition) is 2. The van der Waals surface area contributed by atoms with E-state index in [-0.39, 0.29) is 10.8 Å². The van der Waals surface area contributed by atoms with E-state index in [1.165, 1.54) is 64.2 Å². The SMILES string of the molecule is CC(C)C1CCC2C3=C1C1=C4C(CC5C(C)(O)CCCC5(C)C4CCC1C(C)C)C3CC1C(C)(O)CCCC21C. The molecule has 2 N–H and O–H groups in total. The minimum Gasteiger partial charge on any atom is -0.390 e. The van der Waals surface area contributed by atoms with E-state index in [9.17, 15) is 10.2 Å². The molecule has 0 bridgehead atoms. The molecule has 0 aromatic heterocycles. The summed E-state index contributed by atoms with van der Waals surface area (Å²) in [5.41, 5.74) is 6.90. The van der Waals surface area contributed by atoms with Gasteiger partial charge in [0, 0.05) is 0 Å². The number of allylic oxidation sites excluding steroid dienone is 4. The summed E-state index contributed by atoms with van der Waals surface area (Å²) in [5, 5.41) is 24.0. The average molecular weight is 549 g/mol. The molecule has 7 rings (SSSR count). The Morgan fingerprint density at radius 1 is 0.575 bits per heavy atom. The Balaban J connectivity index is 1.50. The molecule has 0 spiro atoms. The van der Waals surface area contributed by atoms with Crippen LogP contribution in [0.3, 0.4) is 0 Å². The number of fused-ring (bicyclic) bond motifs is 6. The largest absolute Gasteiger partial charge is 0.390 e. The van der Waals surface area contributed by atoms with E-state index in [0.29, 0.717) is 59.2 Å². The van der Waals surface area contributed by atoms with Crippen molar-refractivity contribution in [2.24, 2.45) is 70.0 Å². The minimum absolute atomic E-state index is 0.222. The third-order valence-corrected chi connectivity index (χ3v) is 15.3. The number of hydrogen-bond donors (Lipinski definition) is 2. The van der Waals surface area contributed by atoms with Gasteiger partial charge in [0.25, 0.3) is 0 Å². The Hall–Kier alpha value is -0.600. The van der Waals surface area contributed by atoms with Gasteiger partial charge in [-0.1, -0.05) is 65.5 Å². The van der Waals surface area contributed by atoms with Gasteiger partial charge in [0.05, 0.1) is 11.2 Å². The van der Waals surface area contributed by atoms with Crippen LogP contribution in [0.4, 0.5) is 0 Å². The van der Waals surface area contributed by atoms with Gasteiger partial charge in [-0.3, -0.25) is 0 Å². The smallest absolute Gasteiger partial charge is 0.0653 e. The molecule has 2 nitrogen and oxygen atoms in total. The first-order chi connectivity index (χ1) is 18.7. The molecule has 7 aliphatic rings. The van der Waals surface area contributed by atoms with Crippen LogP contribution in [-0.4, -0.2) is 21.4 Å². The van der Waals surface area contributed by atoms with E-state index >= 15 is 0 Å². The Kier molecular flexibility index (Phi) is 6.32. The van der Waals surface area contributed by atoms with Crippen LogP contribution >= 0.6 is 0 Å². The highest BCUT2D eigenvalue weighted by Crippen LogP contribution is 2.73. The van der Waals surface area contributed by atoms with Crippen molar-refractivity contribution in [2.75, 3.05) is 0 Å². The first kappa shape index (κ1) is 28.2. The van der Waals surface area contributed by atoms with Crippen LogP contribution in [0.2, 0.25) is 0 Å². The maximum absolute atomic E-state index is 12.0. The summed E-state index contributed by atoms with van der Waals surface area (Å²) in [6.07, 6.45) is 14.5. The second kappa shape index (κ2) is 8.97. The molecule has 7 aliphatic carbocycles.